The number of nitrogens with two attached hydrogens (primary N) is 1. The second kappa shape index (κ2) is 14.0. The van der Waals surface area contributed by atoms with Crippen molar-refractivity contribution >= 4 is 63.6 Å². The fourth-order valence-corrected chi connectivity index (χ4v) is 5.89. The van der Waals surface area contributed by atoms with Gasteiger partial charge in [0.25, 0.3) is 11.8 Å². The minimum Gasteiger partial charge on any atom is -0.543 e. The monoisotopic (exact) mass is 649 g/mol. The van der Waals surface area contributed by atoms with Crippen molar-refractivity contribution in [3.63, 3.8) is 0 Å². The van der Waals surface area contributed by atoms with Crippen molar-refractivity contribution in [1.29, 1.82) is 0 Å². The van der Waals surface area contributed by atoms with Gasteiger partial charge < -0.3 is 46.6 Å². The van der Waals surface area contributed by atoms with Crippen molar-refractivity contribution in [2.24, 2.45) is 5.16 Å². The highest BCUT2D eigenvalue weighted by atomic mass is 32.2. The highest BCUT2D eigenvalue weighted by molar-refractivity contribution is 8.00. The van der Waals surface area contributed by atoms with Crippen LogP contribution in [0, 0.1) is 0 Å². The number of carboxylic acid groups (broad SMARTS) is 2. The molecule has 0 radical (unpaired) electrons. The van der Waals surface area contributed by atoms with Crippen molar-refractivity contribution in [3.8, 4) is 0 Å². The average Bonchev–Trinajstić information content (AvgIpc) is 3.41. The number of amides is 2. The van der Waals surface area contributed by atoms with Gasteiger partial charge in [-0.15, -0.1) is 11.8 Å². The van der Waals surface area contributed by atoms with Gasteiger partial charge in [-0.05, 0) is 13.8 Å². The van der Waals surface area contributed by atoms with Crippen molar-refractivity contribution in [1.82, 2.24) is 24.9 Å². The minimum absolute atomic E-state index is 0.0123. The number of carbonyl (C=O) groups is 4. The van der Waals surface area contributed by atoms with Gasteiger partial charge in [0.15, 0.2) is 24.1 Å². The zero-order valence-electron chi connectivity index (χ0n) is 23.7. The Labute approximate surface area is 259 Å². The lowest BCUT2D eigenvalue weighted by atomic mass is 10.0. The average molecular weight is 650 g/mol. The summed E-state index contributed by atoms with van der Waals surface area (Å²) >= 11 is 2.03. The number of rotatable bonds is 15. The number of aliphatic hydroxyl groups is 1. The highest BCUT2D eigenvalue weighted by Crippen LogP contribution is 2.40. The number of anilines is 2. The summed E-state index contributed by atoms with van der Waals surface area (Å²) < 4.78 is 5.69. The van der Waals surface area contributed by atoms with Gasteiger partial charge in [-0.2, -0.15) is 9.36 Å². The number of carboxylic acids is 2. The smallest absolute Gasteiger partial charge is 0.350 e. The van der Waals surface area contributed by atoms with Crippen LogP contribution in [-0.2, 0) is 30.6 Å². The third-order valence-electron chi connectivity index (χ3n) is 6.46. The molecule has 0 spiro atoms. The topological polar surface area (TPSA) is 248 Å². The van der Waals surface area contributed by atoms with Gasteiger partial charge in [0, 0.05) is 60.3 Å². The molecule has 0 aromatic carbocycles. The first kappa shape index (κ1) is 32.6. The first-order valence-electron chi connectivity index (χ1n) is 13.3. The number of hydrogen-bond donors (Lipinski definition) is 6. The summed E-state index contributed by atoms with van der Waals surface area (Å²) in [5, 5.41) is 42.0. The van der Waals surface area contributed by atoms with E-state index >= 15 is 0 Å². The van der Waals surface area contributed by atoms with E-state index in [4.69, 9.17) is 15.7 Å². The van der Waals surface area contributed by atoms with E-state index < -0.39 is 46.5 Å². The van der Waals surface area contributed by atoms with Crippen molar-refractivity contribution in [3.05, 3.63) is 41.6 Å². The highest BCUT2D eigenvalue weighted by Gasteiger charge is 2.53. The largest absolute Gasteiger partial charge is 0.543 e. The molecule has 2 aliphatic heterocycles. The number of β-lactam (4-membered cyclic amide) rings is 1. The summed E-state index contributed by atoms with van der Waals surface area (Å²) in [6.45, 7) is 4.51. The third kappa shape index (κ3) is 7.41. The Kier molecular flexibility index (Phi) is 10.3. The molecule has 44 heavy (non-hydrogen) atoms. The van der Waals surface area contributed by atoms with Crippen LogP contribution in [0.5, 0.6) is 0 Å². The maximum Gasteiger partial charge on any atom is 0.350 e. The molecule has 2 unspecified atom stereocenters. The van der Waals surface area contributed by atoms with E-state index in [0.29, 0.717) is 25.2 Å². The Morgan fingerprint density at radius 2 is 2.00 bits per heavy atom. The molecule has 0 bridgehead atoms. The van der Waals surface area contributed by atoms with Gasteiger partial charge >= 0.3 is 5.97 Å². The number of hydrogen-bond acceptors (Lipinski definition) is 15. The molecular formula is C25H31N9O8S2. The maximum atomic E-state index is 13.2. The Hall–Kier alpha value is -4.33. The van der Waals surface area contributed by atoms with Crippen LogP contribution in [0.1, 0.15) is 19.7 Å². The normalized spacial score (nSPS) is 18.4. The van der Waals surface area contributed by atoms with E-state index in [0.717, 1.165) is 22.1 Å². The fourth-order valence-electron chi connectivity index (χ4n) is 4.12. The molecule has 2 aromatic heterocycles. The lowest BCUT2D eigenvalue weighted by Gasteiger charge is -2.50. The number of oxime groups is 1. The summed E-state index contributed by atoms with van der Waals surface area (Å²) in [6.07, 6.45) is 3.55. The van der Waals surface area contributed by atoms with E-state index in [2.05, 4.69) is 30.5 Å². The molecule has 0 aliphatic carbocycles. The standard InChI is InChI=1S/C25H31N9O8S2/c1-25(2,23(40)41)42-31-15(18-30-24(26)44-32-18)19(36)29-16-20(37)34-17(22(38)39)13(12-43-21(16)34)11-33-8-3-14(4-9-33)28-6-5-27-7-10-35/h3-4,8-9,16,21,27,35H,5-7,10-12H2,1-2H3,(H5,26,29,30,32,36,38,39,40,41)/b31-15-. The molecule has 236 valence electrons. The zero-order chi connectivity index (χ0) is 32.0. The summed E-state index contributed by atoms with van der Waals surface area (Å²) in [6, 6.07) is 2.53. The van der Waals surface area contributed by atoms with Crippen LogP contribution in [0.15, 0.2) is 41.0 Å². The number of carbonyl (C=O) groups excluding carboxylic acids is 3. The van der Waals surface area contributed by atoms with E-state index in [9.17, 15) is 29.4 Å². The van der Waals surface area contributed by atoms with Crippen LogP contribution < -0.4 is 31.4 Å². The summed E-state index contributed by atoms with van der Waals surface area (Å²) in [5.41, 5.74) is 4.37. The number of thioether (sulfide) groups is 1. The Morgan fingerprint density at radius 3 is 2.61 bits per heavy atom. The lowest BCUT2D eigenvalue weighted by molar-refractivity contribution is -0.689. The third-order valence-corrected chi connectivity index (χ3v) is 8.34. The zero-order valence-corrected chi connectivity index (χ0v) is 25.3. The summed E-state index contributed by atoms with van der Waals surface area (Å²) in [4.78, 5) is 60.0. The molecule has 2 atom stereocenters. The second-order valence-corrected chi connectivity index (χ2v) is 12.0. The Balaban J connectivity index is 1.45. The predicted octanol–water partition coefficient (Wildman–Crippen LogP) is -2.91. The second-order valence-electron chi connectivity index (χ2n) is 10.1. The number of nitrogen functional groups attached to an aromatic ring is 1. The molecule has 19 heteroatoms. The van der Waals surface area contributed by atoms with E-state index in [1.54, 1.807) is 17.0 Å². The van der Waals surface area contributed by atoms with Gasteiger partial charge in [0.2, 0.25) is 17.1 Å². The molecule has 1 saturated heterocycles. The number of fused-ring (bicyclic) bond motifs is 1. The van der Waals surface area contributed by atoms with E-state index in [-0.39, 0.29) is 35.6 Å². The number of nitrogens with zero attached hydrogens (tertiary/aromatic N) is 5. The fraction of sp³-hybridized carbons (Fsp3) is 0.440. The van der Waals surface area contributed by atoms with Crippen LogP contribution in [0.2, 0.25) is 0 Å². The molecular weight excluding hydrogens is 618 g/mol. The van der Waals surface area contributed by atoms with Crippen molar-refractivity contribution in [2.75, 3.05) is 43.0 Å². The first-order chi connectivity index (χ1) is 20.9. The SMILES string of the molecule is CC(C)(O/N=C(\C(=O)NC1C(=O)N2C(C(=O)[O-])=C(C[n+]3ccc(NCCNCCO)cc3)CSC12)c1nsc(N)n1)C(=O)O. The quantitative estimate of drug-likeness (QED) is 0.0372. The van der Waals surface area contributed by atoms with Crippen molar-refractivity contribution in [2.45, 2.75) is 37.4 Å². The number of aromatic nitrogens is 3. The Bertz CT molecular complexity index is 1480. The van der Waals surface area contributed by atoms with Gasteiger partial charge in [0.1, 0.15) is 11.4 Å². The molecule has 2 amide bonds. The molecule has 1 fully saturated rings. The van der Waals surface area contributed by atoms with E-state index in [1.807, 2.05) is 12.1 Å². The molecule has 4 rings (SSSR count). The summed E-state index contributed by atoms with van der Waals surface area (Å²) in [7, 11) is 0. The molecule has 2 aliphatic rings. The Morgan fingerprint density at radius 1 is 1.27 bits per heavy atom. The van der Waals surface area contributed by atoms with Crippen LogP contribution in [0.3, 0.4) is 0 Å². The molecule has 4 heterocycles. The maximum absolute atomic E-state index is 13.2. The molecule has 17 nitrogen and oxygen atoms in total. The van der Waals surface area contributed by atoms with E-state index in [1.165, 1.54) is 25.6 Å². The minimum atomic E-state index is -1.80. The summed E-state index contributed by atoms with van der Waals surface area (Å²) in [5.74, 6) is -4.48. The molecule has 0 saturated carbocycles. The van der Waals surface area contributed by atoms with Crippen LogP contribution in [0.25, 0.3) is 0 Å². The van der Waals surface area contributed by atoms with Gasteiger partial charge in [-0.3, -0.25) is 14.5 Å². The molecule has 2 aromatic rings. The predicted molar refractivity (Wildman–Crippen MR) is 156 cm³/mol. The number of nitrogens with one attached hydrogen (secondary N) is 3. The molecule has 7 N–H and O–H groups in total. The number of aliphatic hydroxyl groups excluding tert-OH is 1. The van der Waals surface area contributed by atoms with Crippen molar-refractivity contribution < 1.29 is 43.9 Å². The number of aliphatic carboxylic acids is 2. The first-order valence-corrected chi connectivity index (χ1v) is 15.1. The van der Waals surface area contributed by atoms with Gasteiger partial charge in [0.05, 0.1) is 18.3 Å². The lowest BCUT2D eigenvalue weighted by Crippen LogP contribution is -2.71. The van der Waals surface area contributed by atoms with Crippen LogP contribution in [0.4, 0.5) is 10.8 Å². The number of pyridine rings is 1. The van der Waals surface area contributed by atoms with Crippen LogP contribution in [-0.4, -0.2) is 103 Å². The van der Waals surface area contributed by atoms with Gasteiger partial charge in [-0.1, -0.05) is 5.16 Å². The van der Waals surface area contributed by atoms with Crippen LogP contribution >= 0.6 is 23.3 Å². The van der Waals surface area contributed by atoms with Gasteiger partial charge in [-0.25, -0.2) is 9.36 Å².